The lowest BCUT2D eigenvalue weighted by molar-refractivity contribution is 0.0988. The van der Waals surface area contributed by atoms with Gasteiger partial charge in [0.1, 0.15) is 0 Å². The smallest absolute Gasteiger partial charge is 0.162 e. The van der Waals surface area contributed by atoms with Gasteiger partial charge in [-0.15, -0.1) is 0 Å². The van der Waals surface area contributed by atoms with Gasteiger partial charge in [-0.3, -0.25) is 4.79 Å². The Morgan fingerprint density at radius 2 is 1.81 bits per heavy atom. The summed E-state index contributed by atoms with van der Waals surface area (Å²) in [7, 11) is 0. The molecule has 0 spiro atoms. The fraction of sp³-hybridized carbons (Fsp3) is 0.316. The van der Waals surface area contributed by atoms with E-state index in [0.29, 0.717) is 6.42 Å². The molecule has 0 saturated carbocycles. The van der Waals surface area contributed by atoms with Crippen LogP contribution in [0.15, 0.2) is 48.5 Å². The zero-order chi connectivity index (χ0) is 14.7. The van der Waals surface area contributed by atoms with E-state index >= 15 is 0 Å². The quantitative estimate of drug-likeness (QED) is 0.755. The van der Waals surface area contributed by atoms with Gasteiger partial charge in [0.25, 0.3) is 0 Å². The monoisotopic (exact) mass is 279 g/mol. The lowest BCUT2D eigenvalue weighted by Crippen LogP contribution is -2.17. The Morgan fingerprint density at radius 3 is 2.57 bits per heavy atom. The van der Waals surface area contributed by atoms with Gasteiger partial charge in [0.05, 0.1) is 0 Å². The third-order valence-electron chi connectivity index (χ3n) is 4.18. The van der Waals surface area contributed by atoms with Gasteiger partial charge in [-0.25, -0.2) is 0 Å². The summed E-state index contributed by atoms with van der Waals surface area (Å²) in [4.78, 5) is 14.1. The minimum atomic E-state index is 0.206. The molecule has 0 amide bonds. The van der Waals surface area contributed by atoms with Crippen LogP contribution in [0.1, 0.15) is 42.1 Å². The second-order valence-electron chi connectivity index (χ2n) is 5.56. The third-order valence-corrected chi connectivity index (χ3v) is 4.18. The fourth-order valence-electron chi connectivity index (χ4n) is 2.99. The molecular formula is C19H21NO. The van der Waals surface area contributed by atoms with Crippen LogP contribution in [0.5, 0.6) is 0 Å². The predicted octanol–water partition coefficient (Wildman–Crippen LogP) is 4.75. The highest BCUT2D eigenvalue weighted by molar-refractivity contribution is 5.96. The number of Topliss-reactive ketones (excluding diaryl/α,β-unsaturated/α-hetero) is 1. The zero-order valence-corrected chi connectivity index (χ0v) is 12.5. The number of ketones is 1. The second-order valence-corrected chi connectivity index (χ2v) is 5.56. The molecule has 2 nitrogen and oxygen atoms in total. The van der Waals surface area contributed by atoms with Crippen LogP contribution in [0.3, 0.4) is 0 Å². The number of para-hydroxylation sites is 1. The van der Waals surface area contributed by atoms with Crippen LogP contribution >= 0.6 is 0 Å². The Bertz CT molecular complexity index is 630. The first kappa shape index (κ1) is 13.9. The van der Waals surface area contributed by atoms with Crippen molar-refractivity contribution in [1.82, 2.24) is 0 Å². The number of rotatable bonds is 3. The number of hydrogen-bond acceptors (Lipinski definition) is 2. The van der Waals surface area contributed by atoms with Crippen LogP contribution < -0.4 is 4.90 Å². The summed E-state index contributed by atoms with van der Waals surface area (Å²) in [6, 6.07) is 16.7. The van der Waals surface area contributed by atoms with Crippen LogP contribution in [0.25, 0.3) is 0 Å². The molecule has 0 unspecified atom stereocenters. The van der Waals surface area contributed by atoms with Crippen molar-refractivity contribution in [3.8, 4) is 0 Å². The molecule has 1 aliphatic heterocycles. The van der Waals surface area contributed by atoms with E-state index in [9.17, 15) is 4.79 Å². The molecule has 0 atom stereocenters. The van der Waals surface area contributed by atoms with Crippen molar-refractivity contribution in [3.05, 3.63) is 59.7 Å². The number of carbonyl (C=O) groups is 1. The molecule has 1 aliphatic rings. The van der Waals surface area contributed by atoms with E-state index < -0.39 is 0 Å². The van der Waals surface area contributed by atoms with Crippen molar-refractivity contribution in [2.75, 3.05) is 11.4 Å². The third kappa shape index (κ3) is 2.85. The predicted molar refractivity (Wildman–Crippen MR) is 87.4 cm³/mol. The van der Waals surface area contributed by atoms with E-state index in [1.54, 1.807) is 0 Å². The average molecular weight is 279 g/mol. The first-order valence-electron chi connectivity index (χ1n) is 7.78. The normalized spacial score (nSPS) is 14.4. The summed E-state index contributed by atoms with van der Waals surface area (Å²) in [6.07, 6.45) is 4.15. The highest BCUT2D eigenvalue weighted by Gasteiger charge is 2.16. The lowest BCUT2D eigenvalue weighted by Gasteiger charge is -2.25. The summed E-state index contributed by atoms with van der Waals surface area (Å²) in [5.41, 5.74) is 4.72. The van der Waals surface area contributed by atoms with Crippen LogP contribution in [-0.4, -0.2) is 12.3 Å². The van der Waals surface area contributed by atoms with Gasteiger partial charge in [0, 0.05) is 29.9 Å². The molecule has 21 heavy (non-hydrogen) atoms. The molecule has 2 aromatic carbocycles. The topological polar surface area (TPSA) is 20.3 Å². The Hall–Kier alpha value is -2.09. The van der Waals surface area contributed by atoms with Crippen molar-refractivity contribution in [2.24, 2.45) is 0 Å². The Morgan fingerprint density at radius 1 is 1.05 bits per heavy atom. The molecule has 108 valence electrons. The first-order chi connectivity index (χ1) is 10.3. The molecule has 0 saturated heterocycles. The Balaban J connectivity index is 1.94. The van der Waals surface area contributed by atoms with Gasteiger partial charge in [-0.1, -0.05) is 25.1 Å². The highest BCUT2D eigenvalue weighted by Crippen LogP contribution is 2.32. The van der Waals surface area contributed by atoms with E-state index in [-0.39, 0.29) is 5.78 Å². The molecule has 0 N–H and O–H groups in total. The molecular weight excluding hydrogens is 258 g/mol. The van der Waals surface area contributed by atoms with E-state index in [2.05, 4.69) is 41.3 Å². The number of hydrogen-bond donors (Lipinski definition) is 0. The Labute approximate surface area is 126 Å². The molecule has 2 heteroatoms. The fourth-order valence-corrected chi connectivity index (χ4v) is 2.99. The maximum atomic E-state index is 11.7. The van der Waals surface area contributed by atoms with Crippen LogP contribution in [-0.2, 0) is 6.42 Å². The minimum absolute atomic E-state index is 0.206. The van der Waals surface area contributed by atoms with Crippen molar-refractivity contribution >= 4 is 17.2 Å². The number of aryl methyl sites for hydroxylation is 1. The SMILES string of the molecule is CCC(=O)c1ccc(N2CCCCc3ccccc32)cc1. The number of anilines is 2. The van der Waals surface area contributed by atoms with Crippen LogP contribution in [0, 0.1) is 0 Å². The molecule has 3 rings (SSSR count). The standard InChI is InChI=1S/C19H21NO/c1-2-19(21)16-10-12-17(13-11-16)20-14-6-5-8-15-7-3-4-9-18(15)20/h3-4,7,9-13H,2,5-6,8,14H2,1H3. The maximum absolute atomic E-state index is 11.7. The molecule has 0 fully saturated rings. The van der Waals surface area contributed by atoms with Gasteiger partial charge < -0.3 is 4.90 Å². The van der Waals surface area contributed by atoms with E-state index in [1.807, 2.05) is 19.1 Å². The molecule has 0 aliphatic carbocycles. The van der Waals surface area contributed by atoms with Crippen molar-refractivity contribution < 1.29 is 4.79 Å². The molecule has 1 heterocycles. The molecule has 0 radical (unpaired) electrons. The number of benzene rings is 2. The van der Waals surface area contributed by atoms with Gasteiger partial charge in [0.2, 0.25) is 0 Å². The minimum Gasteiger partial charge on any atom is -0.341 e. The Kier molecular flexibility index (Phi) is 4.05. The van der Waals surface area contributed by atoms with Crippen LogP contribution in [0.2, 0.25) is 0 Å². The zero-order valence-electron chi connectivity index (χ0n) is 12.5. The van der Waals surface area contributed by atoms with Gasteiger partial charge in [0.15, 0.2) is 5.78 Å². The van der Waals surface area contributed by atoms with Gasteiger partial charge in [-0.05, 0) is 55.2 Å². The molecule has 0 aromatic heterocycles. The summed E-state index contributed by atoms with van der Waals surface area (Å²) in [5.74, 6) is 0.206. The highest BCUT2D eigenvalue weighted by atomic mass is 16.1. The lowest BCUT2D eigenvalue weighted by atomic mass is 10.1. The molecule has 2 aromatic rings. The van der Waals surface area contributed by atoms with Crippen molar-refractivity contribution in [1.29, 1.82) is 0 Å². The summed E-state index contributed by atoms with van der Waals surface area (Å²) < 4.78 is 0. The summed E-state index contributed by atoms with van der Waals surface area (Å²) in [6.45, 7) is 2.94. The van der Waals surface area contributed by atoms with E-state index in [0.717, 1.165) is 18.5 Å². The number of nitrogens with zero attached hydrogens (tertiary/aromatic N) is 1. The van der Waals surface area contributed by atoms with Gasteiger partial charge in [-0.2, -0.15) is 0 Å². The van der Waals surface area contributed by atoms with Crippen molar-refractivity contribution in [3.63, 3.8) is 0 Å². The van der Waals surface area contributed by atoms with E-state index in [1.165, 1.54) is 29.8 Å². The summed E-state index contributed by atoms with van der Waals surface area (Å²) >= 11 is 0. The summed E-state index contributed by atoms with van der Waals surface area (Å²) in [5, 5.41) is 0. The number of carbonyl (C=O) groups excluding carboxylic acids is 1. The first-order valence-corrected chi connectivity index (χ1v) is 7.78. The largest absolute Gasteiger partial charge is 0.341 e. The number of fused-ring (bicyclic) bond motifs is 1. The maximum Gasteiger partial charge on any atom is 0.162 e. The van der Waals surface area contributed by atoms with Crippen LogP contribution in [0.4, 0.5) is 11.4 Å². The second kappa shape index (κ2) is 6.13. The van der Waals surface area contributed by atoms with Gasteiger partial charge >= 0.3 is 0 Å². The van der Waals surface area contributed by atoms with E-state index in [4.69, 9.17) is 0 Å². The van der Waals surface area contributed by atoms with Crippen molar-refractivity contribution in [2.45, 2.75) is 32.6 Å². The average Bonchev–Trinajstić information content (AvgIpc) is 2.77. The molecule has 0 bridgehead atoms.